The highest BCUT2D eigenvalue weighted by molar-refractivity contribution is 6.80. The van der Waals surface area contributed by atoms with E-state index >= 15 is 0 Å². The van der Waals surface area contributed by atoms with Crippen molar-refractivity contribution < 1.29 is 32.8 Å². The molecule has 0 unspecified atom stereocenters. The van der Waals surface area contributed by atoms with Crippen molar-refractivity contribution in [2.75, 3.05) is 27.2 Å². The third-order valence-electron chi connectivity index (χ3n) is 4.17. The zero-order valence-corrected chi connectivity index (χ0v) is 11.7. The van der Waals surface area contributed by atoms with Crippen LogP contribution in [0, 0.1) is 0 Å². The van der Waals surface area contributed by atoms with E-state index < -0.39 is 18.6 Å². The lowest BCUT2D eigenvalue weighted by atomic mass is 9.60. The molecule has 2 aliphatic heterocycles. The molecule has 2 heterocycles. The summed E-state index contributed by atoms with van der Waals surface area (Å²) < 4.78 is 16.2. The molecule has 0 aliphatic carbocycles. The van der Waals surface area contributed by atoms with Crippen LogP contribution in [0.2, 0.25) is 0 Å². The van der Waals surface area contributed by atoms with Crippen molar-refractivity contribution in [2.45, 2.75) is 0 Å². The zero-order chi connectivity index (χ0) is 15.3. The van der Waals surface area contributed by atoms with E-state index in [0.717, 1.165) is 0 Å². The Morgan fingerprint density at radius 1 is 1.24 bits per heavy atom. The van der Waals surface area contributed by atoms with Gasteiger partial charge in [0.05, 0.1) is 12.9 Å². The van der Waals surface area contributed by atoms with Gasteiger partial charge in [0.25, 0.3) is 0 Å². The molecule has 0 aromatic heterocycles. The molecule has 0 amide bonds. The van der Waals surface area contributed by atoms with E-state index in [1.165, 1.54) is 7.11 Å². The third-order valence-corrected chi connectivity index (χ3v) is 4.17. The second kappa shape index (κ2) is 4.32. The number of ether oxygens (including phenoxy) is 1. The van der Waals surface area contributed by atoms with E-state index in [0.29, 0.717) is 23.1 Å². The fourth-order valence-electron chi connectivity index (χ4n) is 3.17. The summed E-state index contributed by atoms with van der Waals surface area (Å²) >= 11 is 0. The van der Waals surface area contributed by atoms with E-state index in [1.807, 2.05) is 0 Å². The maximum atomic E-state index is 11.8. The average molecular weight is 291 g/mol. The minimum absolute atomic E-state index is 0.0103. The number of fused-ring (bicyclic) bond motifs is 1. The largest absolute Gasteiger partial charge is 0.618 e. The van der Waals surface area contributed by atoms with Gasteiger partial charge in [0, 0.05) is 12.6 Å². The quantitative estimate of drug-likeness (QED) is 0.536. The van der Waals surface area contributed by atoms with Gasteiger partial charge in [0.15, 0.2) is 0 Å². The monoisotopic (exact) mass is 291 g/mol. The number of nitrogens with zero attached hydrogens (tertiary/aromatic N) is 1. The van der Waals surface area contributed by atoms with Crippen molar-refractivity contribution in [3.05, 3.63) is 23.8 Å². The molecule has 0 atom stereocenters. The van der Waals surface area contributed by atoms with Crippen LogP contribution in [0.1, 0.15) is 10.4 Å². The number of methoxy groups -OCH3 is 1. The first-order valence-electron chi connectivity index (χ1n) is 6.50. The molecule has 8 heteroatoms. The molecular formula is C13H14BNO6. The lowest BCUT2D eigenvalue weighted by Crippen LogP contribution is -2.67. The Kier molecular flexibility index (Phi) is 2.81. The summed E-state index contributed by atoms with van der Waals surface area (Å²) in [6.45, 7) is -2.31. The molecule has 0 bridgehead atoms. The van der Waals surface area contributed by atoms with E-state index in [9.17, 15) is 14.4 Å². The summed E-state index contributed by atoms with van der Waals surface area (Å²) in [4.78, 5) is 34.6. The second-order valence-electron chi connectivity index (χ2n) is 5.57. The van der Waals surface area contributed by atoms with Gasteiger partial charge in [-0.25, -0.2) is 0 Å². The van der Waals surface area contributed by atoms with Crippen molar-refractivity contribution in [1.29, 1.82) is 0 Å². The Hall–Kier alpha value is -2.35. The summed E-state index contributed by atoms with van der Waals surface area (Å²) in [5, 5.41) is 0. The number of likely N-dealkylation sites (N-methyl/N-ethyl adjacent to an activating group) is 1. The number of hydrogen-bond donors (Lipinski definition) is 0. The van der Waals surface area contributed by atoms with Crippen LogP contribution in [0.5, 0.6) is 5.75 Å². The molecule has 2 saturated heterocycles. The molecule has 1 aromatic carbocycles. The summed E-state index contributed by atoms with van der Waals surface area (Å²) in [5.41, 5.74) is 0.806. The molecule has 7 nitrogen and oxygen atoms in total. The van der Waals surface area contributed by atoms with E-state index in [2.05, 4.69) is 0 Å². The highest BCUT2D eigenvalue weighted by Crippen LogP contribution is 2.35. The van der Waals surface area contributed by atoms with Gasteiger partial charge in [-0.1, -0.05) is 6.07 Å². The van der Waals surface area contributed by atoms with Crippen LogP contribution in [-0.2, 0) is 18.9 Å². The van der Waals surface area contributed by atoms with Gasteiger partial charge in [-0.3, -0.25) is 14.4 Å². The van der Waals surface area contributed by atoms with Crippen LogP contribution in [0.15, 0.2) is 18.2 Å². The van der Waals surface area contributed by atoms with Crippen LogP contribution in [0.3, 0.4) is 0 Å². The van der Waals surface area contributed by atoms with Gasteiger partial charge in [-0.15, -0.1) is 0 Å². The van der Waals surface area contributed by atoms with Gasteiger partial charge in [0.2, 0.25) is 0 Å². The maximum Gasteiger partial charge on any atom is 0.618 e. The fraction of sp³-hybridized carbons (Fsp3) is 0.308. The van der Waals surface area contributed by atoms with Gasteiger partial charge in [-0.2, -0.15) is 0 Å². The molecular weight excluding hydrogens is 277 g/mol. The van der Waals surface area contributed by atoms with Crippen LogP contribution >= 0.6 is 0 Å². The number of carbonyl (C=O) groups is 3. The first kappa shape index (κ1) is 13.6. The lowest BCUT2D eigenvalue weighted by Gasteiger charge is -2.40. The Morgan fingerprint density at radius 2 is 1.86 bits per heavy atom. The Morgan fingerprint density at radius 3 is 2.38 bits per heavy atom. The molecule has 2 aliphatic rings. The van der Waals surface area contributed by atoms with E-state index in [-0.39, 0.29) is 17.5 Å². The summed E-state index contributed by atoms with van der Waals surface area (Å²) in [6, 6.07) is 4.72. The fourth-order valence-corrected chi connectivity index (χ4v) is 3.17. The van der Waals surface area contributed by atoms with Crippen LogP contribution in [0.4, 0.5) is 0 Å². The van der Waals surface area contributed by atoms with Crippen LogP contribution < -0.4 is 10.2 Å². The topological polar surface area (TPSA) is 78.9 Å². The van der Waals surface area contributed by atoms with Gasteiger partial charge < -0.3 is 18.4 Å². The summed E-state index contributed by atoms with van der Waals surface area (Å²) in [6.07, 6.45) is 0.674. The maximum absolute atomic E-state index is 11.8. The van der Waals surface area contributed by atoms with Crippen LogP contribution in [-0.4, -0.2) is 56.6 Å². The first-order valence-corrected chi connectivity index (χ1v) is 6.50. The minimum atomic E-state index is -2.39. The normalized spacial score (nSPS) is 30.6. The predicted molar refractivity (Wildman–Crippen MR) is 71.9 cm³/mol. The Labute approximate surface area is 121 Å². The molecule has 3 rings (SSSR count). The van der Waals surface area contributed by atoms with E-state index in [4.69, 9.17) is 14.0 Å². The number of quaternary nitrogens is 1. The molecule has 0 spiro atoms. The number of carbonyl (C=O) groups excluding carboxylic acids is 3. The smallest absolute Gasteiger partial charge is 0.596 e. The van der Waals surface area contributed by atoms with Crippen molar-refractivity contribution in [2.24, 2.45) is 0 Å². The molecule has 110 valence electrons. The third kappa shape index (κ3) is 1.75. The molecule has 2 fully saturated rings. The number of aldehydes is 1. The number of benzene rings is 1. The number of rotatable bonds is 3. The zero-order valence-electron chi connectivity index (χ0n) is 11.7. The Bertz CT molecular complexity index is 638. The van der Waals surface area contributed by atoms with Gasteiger partial charge >= 0.3 is 18.6 Å². The molecule has 0 saturated carbocycles. The first-order chi connectivity index (χ1) is 9.94. The Balaban J connectivity index is 2.23. The minimum Gasteiger partial charge on any atom is -0.596 e. The molecule has 1 aromatic rings. The number of hydrogen-bond acceptors (Lipinski definition) is 6. The van der Waals surface area contributed by atoms with Crippen molar-refractivity contribution in [3.8, 4) is 5.75 Å². The summed E-state index contributed by atoms with van der Waals surface area (Å²) in [5.74, 6) is -0.471. The molecule has 0 radical (unpaired) electrons. The summed E-state index contributed by atoms with van der Waals surface area (Å²) in [7, 11) is 3.19. The van der Waals surface area contributed by atoms with Crippen molar-refractivity contribution in [3.63, 3.8) is 0 Å². The standard InChI is InChI=1S/C13H14BNO6/c1-15-6-12(17)20-14(15,21-13(18)7-15)10-5-9(8-16)3-4-11(10)19-2/h3-5,8H,6-7H2,1-2H3. The van der Waals surface area contributed by atoms with E-state index in [1.54, 1.807) is 25.2 Å². The highest BCUT2D eigenvalue weighted by Gasteiger charge is 2.67. The second-order valence-corrected chi connectivity index (χ2v) is 5.57. The lowest BCUT2D eigenvalue weighted by molar-refractivity contribution is -0.791. The van der Waals surface area contributed by atoms with Crippen molar-refractivity contribution in [1.82, 2.24) is 0 Å². The van der Waals surface area contributed by atoms with Gasteiger partial charge in [-0.05, 0) is 17.6 Å². The van der Waals surface area contributed by atoms with Gasteiger partial charge in [0.1, 0.15) is 19.4 Å². The van der Waals surface area contributed by atoms with Crippen LogP contribution in [0.25, 0.3) is 0 Å². The average Bonchev–Trinajstić information content (AvgIpc) is 2.82. The van der Waals surface area contributed by atoms with Crippen molar-refractivity contribution >= 4 is 30.4 Å². The predicted octanol–water partition coefficient (Wildman–Crippen LogP) is -0.786. The molecule has 21 heavy (non-hydrogen) atoms. The SMILES string of the molecule is COc1ccc(C=O)cc1[B-]12OC(=O)C[N+]1(C)CC(=O)O2. The highest BCUT2D eigenvalue weighted by atomic mass is 16.7. The molecule has 0 N–H and O–H groups in total.